The van der Waals surface area contributed by atoms with Crippen molar-refractivity contribution in [2.45, 2.75) is 57.7 Å². The number of rotatable bonds is 11. The number of benzene rings is 3. The molecule has 0 fully saturated rings. The summed E-state index contributed by atoms with van der Waals surface area (Å²) in [5.41, 5.74) is 10.1. The Kier molecular flexibility index (Phi) is 10.5. The Morgan fingerprint density at radius 1 is 0.923 bits per heavy atom. The molecule has 0 aliphatic heterocycles. The average molecular weight is 536 g/mol. The predicted molar refractivity (Wildman–Crippen MR) is 151 cm³/mol. The van der Waals surface area contributed by atoms with E-state index in [-0.39, 0.29) is 12.0 Å². The molecule has 0 amide bonds. The van der Waals surface area contributed by atoms with Gasteiger partial charge in [0.1, 0.15) is 6.29 Å². The van der Waals surface area contributed by atoms with Gasteiger partial charge in [0.2, 0.25) is 0 Å². The van der Waals surface area contributed by atoms with Crippen molar-refractivity contribution >= 4 is 12.2 Å². The molecule has 0 radical (unpaired) electrons. The van der Waals surface area contributed by atoms with E-state index < -0.39 is 11.7 Å². The molecule has 0 bridgehead atoms. The summed E-state index contributed by atoms with van der Waals surface area (Å²) in [5.74, 6) is 0.352. The molecule has 0 saturated heterocycles. The summed E-state index contributed by atoms with van der Waals surface area (Å²) in [5, 5.41) is 0. The third kappa shape index (κ3) is 8.06. The summed E-state index contributed by atoms with van der Waals surface area (Å²) in [4.78, 5) is 18.5. The summed E-state index contributed by atoms with van der Waals surface area (Å²) in [7, 11) is 1.89. The second kappa shape index (κ2) is 13.8. The maximum atomic E-state index is 12.9. The number of nitrogens with two attached hydrogens (primary N) is 1. The van der Waals surface area contributed by atoms with Gasteiger partial charge in [0, 0.05) is 12.6 Å². The van der Waals surface area contributed by atoms with E-state index in [1.54, 1.807) is 0 Å². The number of carbonyl (C=O) groups excluding carboxylic acids is 1. The molecule has 0 aliphatic carbocycles. The third-order valence-corrected chi connectivity index (χ3v) is 6.98. The van der Waals surface area contributed by atoms with Crippen molar-refractivity contribution in [2.75, 3.05) is 7.05 Å². The fourth-order valence-corrected chi connectivity index (χ4v) is 4.65. The van der Waals surface area contributed by atoms with E-state index >= 15 is 0 Å². The molecule has 0 saturated carbocycles. The number of alkyl halides is 3. The summed E-state index contributed by atoms with van der Waals surface area (Å²) in [6.07, 6.45) is -1.03. The maximum Gasteiger partial charge on any atom is 0.416 e. The summed E-state index contributed by atoms with van der Waals surface area (Å²) in [6, 6.07) is 25.2. The Morgan fingerprint density at radius 2 is 1.46 bits per heavy atom. The van der Waals surface area contributed by atoms with Gasteiger partial charge < -0.3 is 10.6 Å². The van der Waals surface area contributed by atoms with Crippen LogP contribution >= 0.6 is 0 Å². The summed E-state index contributed by atoms with van der Waals surface area (Å²) in [6.45, 7) is 3.89. The van der Waals surface area contributed by atoms with Crippen LogP contribution in [0.4, 0.5) is 13.2 Å². The van der Waals surface area contributed by atoms with E-state index in [1.807, 2.05) is 86.5 Å². The first kappa shape index (κ1) is 29.7. The van der Waals surface area contributed by atoms with Crippen LogP contribution in [0, 0.1) is 0 Å². The number of aliphatic imine (C=N–C) groups is 1. The minimum Gasteiger partial charge on any atom is -0.369 e. The van der Waals surface area contributed by atoms with Gasteiger partial charge in [0.15, 0.2) is 5.96 Å². The van der Waals surface area contributed by atoms with E-state index in [4.69, 9.17) is 10.7 Å². The smallest absolute Gasteiger partial charge is 0.369 e. The van der Waals surface area contributed by atoms with Gasteiger partial charge in [-0.3, -0.25) is 4.79 Å². The molecule has 206 valence electrons. The number of carbonyl (C=O) groups is 1. The lowest BCUT2D eigenvalue weighted by atomic mass is 9.93. The number of guanidine groups is 1. The van der Waals surface area contributed by atoms with Gasteiger partial charge >= 0.3 is 6.18 Å². The lowest BCUT2D eigenvalue weighted by Crippen LogP contribution is -2.37. The van der Waals surface area contributed by atoms with Gasteiger partial charge in [-0.15, -0.1) is 0 Å². The molecule has 39 heavy (non-hydrogen) atoms. The van der Waals surface area contributed by atoms with Crippen LogP contribution in [0.15, 0.2) is 101 Å². The molecule has 3 aromatic carbocycles. The van der Waals surface area contributed by atoms with Crippen molar-refractivity contribution in [1.29, 1.82) is 0 Å². The summed E-state index contributed by atoms with van der Waals surface area (Å²) < 4.78 is 38.7. The van der Waals surface area contributed by atoms with E-state index in [2.05, 4.69) is 0 Å². The highest BCUT2D eigenvalue weighted by atomic mass is 19.4. The van der Waals surface area contributed by atoms with Gasteiger partial charge in [0.25, 0.3) is 0 Å². The van der Waals surface area contributed by atoms with Crippen LogP contribution in [-0.2, 0) is 11.0 Å². The molecule has 3 rings (SSSR count). The second-order valence-electron chi connectivity index (χ2n) is 9.66. The lowest BCUT2D eigenvalue weighted by Gasteiger charge is -2.30. The van der Waals surface area contributed by atoms with Gasteiger partial charge in [-0.05, 0) is 60.4 Å². The normalized spacial score (nSPS) is 13.7. The number of aldehydes is 1. The molecule has 2 N–H and O–H groups in total. The van der Waals surface area contributed by atoms with Gasteiger partial charge in [-0.2, -0.15) is 13.2 Å². The first-order valence-electron chi connectivity index (χ1n) is 13.2. The van der Waals surface area contributed by atoms with E-state index in [0.29, 0.717) is 36.5 Å². The number of halogens is 3. The maximum absolute atomic E-state index is 12.9. The third-order valence-electron chi connectivity index (χ3n) is 6.98. The van der Waals surface area contributed by atoms with Crippen molar-refractivity contribution in [3.63, 3.8) is 0 Å². The number of nitrogens with zero attached hydrogens (tertiary/aromatic N) is 2. The molecular weight excluding hydrogens is 499 g/mol. The Balaban J connectivity index is 1.79. The van der Waals surface area contributed by atoms with Crippen molar-refractivity contribution in [2.24, 2.45) is 10.7 Å². The Hall–Kier alpha value is -3.87. The van der Waals surface area contributed by atoms with Gasteiger partial charge in [-0.25, -0.2) is 4.99 Å². The molecule has 1 atom stereocenters. The highest BCUT2D eigenvalue weighted by molar-refractivity contribution is 5.82. The van der Waals surface area contributed by atoms with Gasteiger partial charge in [0.05, 0.1) is 17.3 Å². The minimum atomic E-state index is -4.35. The number of allylic oxidation sites excluding steroid dienone is 2. The monoisotopic (exact) mass is 535 g/mol. The molecule has 7 heteroatoms. The van der Waals surface area contributed by atoms with Crippen LogP contribution in [0.25, 0.3) is 0 Å². The van der Waals surface area contributed by atoms with Crippen molar-refractivity contribution in [3.05, 3.63) is 118 Å². The van der Waals surface area contributed by atoms with E-state index in [1.165, 1.54) is 12.1 Å². The van der Waals surface area contributed by atoms with Crippen LogP contribution in [-0.4, -0.2) is 24.2 Å². The molecule has 0 aromatic heterocycles. The average Bonchev–Trinajstić information content (AvgIpc) is 2.94. The number of hydrogen-bond acceptors (Lipinski definition) is 2. The highest BCUT2D eigenvalue weighted by Gasteiger charge is 2.30. The van der Waals surface area contributed by atoms with E-state index in [0.717, 1.165) is 41.5 Å². The first-order valence-corrected chi connectivity index (χ1v) is 13.2. The van der Waals surface area contributed by atoms with Crippen LogP contribution in [0.2, 0.25) is 0 Å². The van der Waals surface area contributed by atoms with Crippen molar-refractivity contribution in [1.82, 2.24) is 4.90 Å². The second-order valence-corrected chi connectivity index (χ2v) is 9.66. The Bertz CT molecular complexity index is 1210. The number of hydrogen-bond donors (Lipinski definition) is 1. The van der Waals surface area contributed by atoms with Crippen molar-refractivity contribution < 1.29 is 18.0 Å². The molecular formula is C32H36F3N3O. The Labute approximate surface area is 229 Å². The molecule has 1 unspecified atom stereocenters. The van der Waals surface area contributed by atoms with Crippen LogP contribution in [0.5, 0.6) is 0 Å². The standard InChI is InChI=1S/C32H36F3N3O/c1-4-24(22-39)29(17-11-12-23(2)25-18-20-28(21-19-25)32(33,34)35)37-31(36)38(3)30(26-13-7-5-8-14-26)27-15-9-6-10-16-27/h5-10,13-16,18-23,30H,4,11-12,17H2,1-3H3,(H2,36,37)/b29-24-. The Morgan fingerprint density at radius 3 is 1.92 bits per heavy atom. The van der Waals surface area contributed by atoms with Crippen molar-refractivity contribution in [3.8, 4) is 0 Å². The molecule has 3 aromatic rings. The molecule has 4 nitrogen and oxygen atoms in total. The SMILES string of the molecule is CC/C(C=O)=C(\CCCC(C)c1ccc(C(F)(F)F)cc1)N=C(N)N(C)C(c1ccccc1)c1ccccc1. The molecule has 0 spiro atoms. The highest BCUT2D eigenvalue weighted by Crippen LogP contribution is 2.32. The minimum absolute atomic E-state index is 0.0550. The topological polar surface area (TPSA) is 58.7 Å². The zero-order chi connectivity index (χ0) is 28.4. The van der Waals surface area contributed by atoms with Gasteiger partial charge in [-0.1, -0.05) is 86.6 Å². The lowest BCUT2D eigenvalue weighted by molar-refractivity contribution is -0.137. The fraction of sp³-hybridized carbons (Fsp3) is 0.312. The van der Waals surface area contributed by atoms with Crippen LogP contribution in [0.3, 0.4) is 0 Å². The van der Waals surface area contributed by atoms with Crippen LogP contribution in [0.1, 0.15) is 73.7 Å². The molecule has 0 aliphatic rings. The zero-order valence-electron chi connectivity index (χ0n) is 22.7. The first-order chi connectivity index (χ1) is 18.7. The van der Waals surface area contributed by atoms with E-state index in [9.17, 15) is 18.0 Å². The quantitative estimate of drug-likeness (QED) is 0.118. The molecule has 0 heterocycles. The largest absolute Gasteiger partial charge is 0.416 e. The fourth-order valence-electron chi connectivity index (χ4n) is 4.65. The zero-order valence-corrected chi connectivity index (χ0v) is 22.7. The van der Waals surface area contributed by atoms with Crippen LogP contribution < -0.4 is 5.73 Å². The summed E-state index contributed by atoms with van der Waals surface area (Å²) >= 11 is 0. The predicted octanol–water partition coefficient (Wildman–Crippen LogP) is 7.88.